The van der Waals surface area contributed by atoms with E-state index in [0.717, 1.165) is 12.8 Å². The first-order valence-electron chi connectivity index (χ1n) is 9.86. The number of carbonyl (C=O) groups is 1. The zero-order valence-corrected chi connectivity index (χ0v) is 21.2. The third-order valence-corrected chi connectivity index (χ3v) is 1.99. The Hall–Kier alpha value is 0.0243. The molecule has 0 aromatic heterocycles. The first-order valence-corrected chi connectivity index (χ1v) is 9.86. The van der Waals surface area contributed by atoms with Gasteiger partial charge in [-0.15, -0.1) is 0 Å². The van der Waals surface area contributed by atoms with Crippen molar-refractivity contribution in [1.82, 2.24) is 0 Å². The molecule has 1 rings (SSSR count). The molecule has 0 heterocycles. The van der Waals surface area contributed by atoms with Crippen LogP contribution in [-0.4, -0.2) is 57.4 Å². The van der Waals surface area contributed by atoms with Crippen LogP contribution >= 0.6 is 0 Å². The van der Waals surface area contributed by atoms with E-state index in [2.05, 4.69) is 20.8 Å². The van der Waals surface area contributed by atoms with E-state index in [1.807, 2.05) is 0 Å². The molecule has 7 heteroatoms. The topological polar surface area (TPSA) is 107 Å². The molecule has 28 heavy (non-hydrogen) atoms. The number of aliphatic hydroxyl groups is 3. The Bertz CT molecular complexity index is 243. The maximum absolute atomic E-state index is 10.1. The zero-order chi connectivity index (χ0) is 22.4. The normalized spacial score (nSPS) is 13.0. The predicted molar refractivity (Wildman–Crippen MR) is 113 cm³/mol. The van der Waals surface area contributed by atoms with Crippen molar-refractivity contribution < 1.29 is 51.7 Å². The molecule has 0 saturated heterocycles. The van der Waals surface area contributed by atoms with Crippen molar-refractivity contribution in [3.05, 3.63) is 5.92 Å². The minimum Gasteiger partial charge on any atom is -0.480 e. The van der Waals surface area contributed by atoms with Crippen LogP contribution < -0.4 is 0 Å². The van der Waals surface area contributed by atoms with Gasteiger partial charge in [0.1, 0.15) is 6.61 Å². The van der Waals surface area contributed by atoms with Gasteiger partial charge >= 0.3 is 5.97 Å². The molecule has 0 aliphatic heterocycles. The van der Waals surface area contributed by atoms with E-state index in [1.165, 1.54) is 25.2 Å². The Morgan fingerprint density at radius 1 is 0.857 bits per heavy atom. The fourth-order valence-electron chi connectivity index (χ4n) is 1.42. The fourth-order valence-corrected chi connectivity index (χ4v) is 1.42. The van der Waals surface area contributed by atoms with Crippen molar-refractivity contribution in [2.75, 3.05) is 6.61 Å². The van der Waals surface area contributed by atoms with Crippen LogP contribution in [0.25, 0.3) is 0 Å². The van der Waals surface area contributed by atoms with Crippen molar-refractivity contribution in [2.45, 2.75) is 119 Å². The molecule has 0 aromatic rings. The Balaban J connectivity index is -0.0000000879. The van der Waals surface area contributed by atoms with Gasteiger partial charge in [-0.1, -0.05) is 19.3 Å². The van der Waals surface area contributed by atoms with E-state index in [1.54, 1.807) is 41.5 Å². The van der Waals surface area contributed by atoms with Gasteiger partial charge in [0.15, 0.2) is 0 Å². The van der Waals surface area contributed by atoms with Gasteiger partial charge in [-0.25, -0.2) is 4.79 Å². The van der Waals surface area contributed by atoms with Crippen molar-refractivity contribution in [3.8, 4) is 0 Å². The number of hydrogen-bond donors (Lipinski definition) is 4. The average Bonchev–Trinajstić information content (AvgIpc) is 2.44. The molecule has 0 unspecified atom stereocenters. The van der Waals surface area contributed by atoms with Crippen molar-refractivity contribution >= 4 is 5.97 Å². The second kappa shape index (κ2) is 29.2. The number of ether oxygens (including phenoxy) is 1. The van der Waals surface area contributed by atoms with E-state index < -0.39 is 5.97 Å². The third-order valence-electron chi connectivity index (χ3n) is 1.99. The summed E-state index contributed by atoms with van der Waals surface area (Å²) in [6.45, 7) is 16.4. The van der Waals surface area contributed by atoms with Gasteiger partial charge in [0.05, 0.1) is 6.10 Å². The minimum absolute atomic E-state index is 0. The molecule has 172 valence electrons. The van der Waals surface area contributed by atoms with E-state index in [0.29, 0.717) is 0 Å². The molecule has 0 radical (unpaired) electrons. The molecule has 1 aliphatic carbocycles. The van der Waals surface area contributed by atoms with E-state index in [4.69, 9.17) is 25.2 Å². The largest absolute Gasteiger partial charge is 0.480 e. The second-order valence-electron chi connectivity index (χ2n) is 7.75. The first-order chi connectivity index (χ1) is 12.2. The molecule has 4 N–H and O–H groups in total. The van der Waals surface area contributed by atoms with Gasteiger partial charge in [0, 0.05) is 40.0 Å². The Morgan fingerprint density at radius 2 is 1.11 bits per heavy atom. The quantitative estimate of drug-likeness (QED) is 0.385. The van der Waals surface area contributed by atoms with E-state index in [-0.39, 0.29) is 52.7 Å². The van der Waals surface area contributed by atoms with Crippen LogP contribution in [0.2, 0.25) is 0 Å². The number of carboxylic acids is 1. The molecule has 1 saturated carbocycles. The zero-order valence-electron chi connectivity index (χ0n) is 19.7. The van der Waals surface area contributed by atoms with Gasteiger partial charge in [0.25, 0.3) is 0 Å². The number of aliphatic carboxylic acids is 1. The van der Waals surface area contributed by atoms with Crippen LogP contribution in [-0.2, 0) is 31.2 Å². The van der Waals surface area contributed by atoms with Crippen LogP contribution in [0, 0.1) is 5.92 Å². The Morgan fingerprint density at radius 3 is 1.32 bits per heavy atom. The molecule has 0 spiro atoms. The van der Waals surface area contributed by atoms with Gasteiger partial charge in [-0.2, -0.15) is 20.8 Å². The smallest absolute Gasteiger partial charge is 0.329 e. The van der Waals surface area contributed by atoms with Gasteiger partial charge < -0.3 is 31.1 Å². The summed E-state index contributed by atoms with van der Waals surface area (Å²) in [5.41, 5.74) is 0. The van der Waals surface area contributed by atoms with Crippen molar-refractivity contribution in [1.29, 1.82) is 0 Å². The summed E-state index contributed by atoms with van der Waals surface area (Å²) in [4.78, 5) is 10.1. The average molecular weight is 443 g/mol. The molecule has 0 bridgehead atoms. The number of carboxylic acid groups (broad SMARTS) is 1. The van der Waals surface area contributed by atoms with Crippen molar-refractivity contribution in [3.63, 3.8) is 0 Å². The summed E-state index contributed by atoms with van der Waals surface area (Å²) < 4.78 is 5.14. The second-order valence-corrected chi connectivity index (χ2v) is 7.75. The van der Waals surface area contributed by atoms with Crippen LogP contribution in [0.4, 0.5) is 0 Å². The van der Waals surface area contributed by atoms with Crippen molar-refractivity contribution in [2.24, 2.45) is 0 Å². The monoisotopic (exact) mass is 443 g/mol. The SMILES string of the molecule is CC(C)O.CC(C)O.CC(C)O.C[C-](C)C.O=C(O)COC1CCCCC1.[Ti]. The molecule has 0 atom stereocenters. The molecule has 0 aromatic carbocycles. The molecular weight excluding hydrogens is 396 g/mol. The summed E-state index contributed by atoms with van der Waals surface area (Å²) in [5.74, 6) is 0.551. The summed E-state index contributed by atoms with van der Waals surface area (Å²) >= 11 is 0. The fraction of sp³-hybridized carbons (Fsp3) is 0.905. The van der Waals surface area contributed by atoms with Gasteiger partial charge in [0.2, 0.25) is 0 Å². The molecule has 0 amide bonds. The standard InChI is InChI=1S/C8H14O3.C4H9.3C3H8O.Ti/c9-8(10)6-11-7-4-2-1-3-5-7;1-4(2)3;3*1-3(2)4;/h7H,1-6H2,(H,9,10);1-3H3;3*3-4H,1-2H3;/q;-1;;;;. The summed E-state index contributed by atoms with van der Waals surface area (Å²) in [7, 11) is 0. The van der Waals surface area contributed by atoms with E-state index in [9.17, 15) is 4.79 Å². The van der Waals surface area contributed by atoms with Crippen LogP contribution in [0.1, 0.15) is 94.4 Å². The summed E-state index contributed by atoms with van der Waals surface area (Å²) in [6, 6.07) is 0. The predicted octanol–water partition coefficient (Wildman–Crippen LogP) is 4.20. The van der Waals surface area contributed by atoms with Gasteiger partial charge in [-0.3, -0.25) is 0 Å². The molecule has 1 fully saturated rings. The maximum atomic E-state index is 10.1. The minimum atomic E-state index is -0.865. The summed E-state index contributed by atoms with van der Waals surface area (Å²) in [5, 5.41) is 32.5. The molecule has 1 aliphatic rings. The first kappa shape index (κ1) is 38.6. The summed E-state index contributed by atoms with van der Waals surface area (Å²) in [6.07, 6.45) is 5.42. The Kier molecular flexibility index (Phi) is 40.3. The third kappa shape index (κ3) is 96.1. The maximum Gasteiger partial charge on any atom is 0.329 e. The van der Waals surface area contributed by atoms with Gasteiger partial charge in [-0.05, 0) is 54.4 Å². The number of rotatable bonds is 3. The molecular formula is C21H47O6Ti-. The number of hydrogen-bond acceptors (Lipinski definition) is 5. The van der Waals surface area contributed by atoms with E-state index >= 15 is 0 Å². The number of aliphatic hydroxyl groups excluding tert-OH is 3. The van der Waals surface area contributed by atoms with Crippen LogP contribution in [0.3, 0.4) is 0 Å². The molecule has 6 nitrogen and oxygen atoms in total. The van der Waals surface area contributed by atoms with Crippen LogP contribution in [0.5, 0.6) is 0 Å². The Labute approximate surface area is 189 Å². The van der Waals surface area contributed by atoms with Crippen LogP contribution in [0.15, 0.2) is 0 Å².